The highest BCUT2D eigenvalue weighted by Crippen LogP contribution is 2.25. The molecule has 0 radical (unpaired) electrons. The minimum absolute atomic E-state index is 0.369. The first kappa shape index (κ1) is 12.2. The minimum atomic E-state index is 0.369. The van der Waals surface area contributed by atoms with Crippen molar-refractivity contribution < 1.29 is 4.74 Å². The van der Waals surface area contributed by atoms with Gasteiger partial charge < -0.3 is 9.72 Å². The molecule has 1 atom stereocenters. The molecule has 1 aromatic rings. The Morgan fingerprint density at radius 3 is 3.06 bits per heavy atom. The molecule has 2 rings (SSSR count). The maximum atomic E-state index is 5.47. The summed E-state index contributed by atoms with van der Waals surface area (Å²) < 4.78 is 7.05. The summed E-state index contributed by atoms with van der Waals surface area (Å²) in [6, 6.07) is 0. The minimum Gasteiger partial charge on any atom is -0.381 e. The third-order valence-corrected chi connectivity index (χ3v) is 4.27. The first-order chi connectivity index (χ1) is 7.72. The summed E-state index contributed by atoms with van der Waals surface area (Å²) in [6.07, 6.45) is 3.15. The first-order valence-corrected chi connectivity index (χ1v) is 6.78. The summed E-state index contributed by atoms with van der Waals surface area (Å²) >= 11 is 8.71. The Bertz CT molecular complexity index is 426. The largest absolute Gasteiger partial charge is 0.381 e. The van der Waals surface area contributed by atoms with E-state index in [0.29, 0.717) is 10.6 Å². The zero-order valence-corrected chi connectivity index (χ0v) is 11.7. The predicted octanol–water partition coefficient (Wildman–Crippen LogP) is 3.36. The zero-order chi connectivity index (χ0) is 11.5. The molecule has 1 fully saturated rings. The van der Waals surface area contributed by atoms with Gasteiger partial charge in [0.1, 0.15) is 10.5 Å². The lowest BCUT2D eigenvalue weighted by Crippen LogP contribution is -2.18. The normalized spacial score (nSPS) is 21.0. The van der Waals surface area contributed by atoms with Gasteiger partial charge in [-0.25, -0.2) is 4.98 Å². The van der Waals surface area contributed by atoms with Gasteiger partial charge in [0.2, 0.25) is 0 Å². The summed E-state index contributed by atoms with van der Waals surface area (Å²) in [4.78, 5) is 7.81. The lowest BCUT2D eigenvalue weighted by Gasteiger charge is -2.22. The lowest BCUT2D eigenvalue weighted by atomic mass is 10.0. The third kappa shape index (κ3) is 2.52. The maximum Gasteiger partial charge on any atom is 0.144 e. The van der Waals surface area contributed by atoms with Gasteiger partial charge in [-0.05, 0) is 35.2 Å². The van der Waals surface area contributed by atoms with Gasteiger partial charge in [-0.15, -0.1) is 0 Å². The highest BCUT2D eigenvalue weighted by atomic mass is 79.9. The lowest BCUT2D eigenvalue weighted by molar-refractivity contribution is 0.0779. The van der Waals surface area contributed by atoms with Crippen molar-refractivity contribution in [2.45, 2.75) is 32.1 Å². The molecule has 1 N–H and O–H groups in total. The van der Waals surface area contributed by atoms with Crippen molar-refractivity contribution in [3.8, 4) is 0 Å². The molecule has 88 valence electrons. The topological polar surface area (TPSA) is 37.9 Å². The van der Waals surface area contributed by atoms with E-state index in [1.54, 1.807) is 0 Å². The number of H-pyrrole nitrogens is 1. The third-order valence-electron chi connectivity index (χ3n) is 2.85. The Morgan fingerprint density at radius 2 is 2.44 bits per heavy atom. The molecule has 0 aromatic carbocycles. The number of nitrogens with one attached hydrogen (secondary N) is 1. The van der Waals surface area contributed by atoms with Crippen LogP contribution in [0, 0.1) is 4.64 Å². The molecule has 2 heterocycles. The van der Waals surface area contributed by atoms with Crippen LogP contribution in [0.1, 0.15) is 37.2 Å². The molecule has 16 heavy (non-hydrogen) atoms. The first-order valence-electron chi connectivity index (χ1n) is 5.58. The summed E-state index contributed by atoms with van der Waals surface area (Å²) in [7, 11) is 0. The molecule has 0 bridgehead atoms. The Kier molecular flexibility index (Phi) is 4.10. The summed E-state index contributed by atoms with van der Waals surface area (Å²) in [5.74, 6) is 1.35. The van der Waals surface area contributed by atoms with E-state index in [0.717, 1.165) is 48.5 Å². The predicted molar refractivity (Wildman–Crippen MR) is 69.3 cm³/mol. The SMILES string of the molecule is CCc1[nH]c(C2CCCOC2)nc(=S)c1Br. The quantitative estimate of drug-likeness (QED) is 0.851. The monoisotopic (exact) mass is 302 g/mol. The van der Waals surface area contributed by atoms with Gasteiger partial charge in [0, 0.05) is 18.2 Å². The maximum absolute atomic E-state index is 5.47. The van der Waals surface area contributed by atoms with Crippen LogP contribution < -0.4 is 0 Å². The van der Waals surface area contributed by atoms with E-state index in [9.17, 15) is 0 Å². The van der Waals surface area contributed by atoms with Crippen LogP contribution in [0.25, 0.3) is 0 Å². The van der Waals surface area contributed by atoms with E-state index in [-0.39, 0.29) is 0 Å². The van der Waals surface area contributed by atoms with E-state index in [2.05, 4.69) is 32.8 Å². The summed E-state index contributed by atoms with van der Waals surface area (Å²) in [5.41, 5.74) is 1.13. The number of halogens is 1. The Morgan fingerprint density at radius 1 is 1.62 bits per heavy atom. The second kappa shape index (κ2) is 5.38. The molecular weight excluding hydrogens is 288 g/mol. The zero-order valence-electron chi connectivity index (χ0n) is 9.25. The smallest absolute Gasteiger partial charge is 0.144 e. The second-order valence-corrected chi connectivity index (χ2v) is 5.17. The van der Waals surface area contributed by atoms with Crippen molar-refractivity contribution in [3.05, 3.63) is 20.6 Å². The fourth-order valence-electron chi connectivity index (χ4n) is 1.92. The van der Waals surface area contributed by atoms with Gasteiger partial charge in [0.05, 0.1) is 11.1 Å². The van der Waals surface area contributed by atoms with Gasteiger partial charge in [-0.1, -0.05) is 19.1 Å². The van der Waals surface area contributed by atoms with Crippen LogP contribution in [0.15, 0.2) is 4.47 Å². The molecule has 0 saturated carbocycles. The van der Waals surface area contributed by atoms with E-state index in [1.807, 2.05) is 0 Å². The average molecular weight is 303 g/mol. The van der Waals surface area contributed by atoms with Crippen LogP contribution in [0.2, 0.25) is 0 Å². The molecule has 1 aliphatic heterocycles. The van der Waals surface area contributed by atoms with E-state index < -0.39 is 0 Å². The number of nitrogens with zero attached hydrogens (tertiary/aromatic N) is 1. The summed E-state index contributed by atoms with van der Waals surface area (Å²) in [5, 5.41) is 0. The average Bonchev–Trinajstić information content (AvgIpc) is 2.33. The molecule has 5 heteroatoms. The Hall–Kier alpha value is -0.260. The van der Waals surface area contributed by atoms with Crippen LogP contribution >= 0.6 is 28.1 Å². The van der Waals surface area contributed by atoms with Gasteiger partial charge in [0.15, 0.2) is 0 Å². The number of rotatable bonds is 2. The van der Waals surface area contributed by atoms with Crippen LogP contribution in [-0.2, 0) is 11.2 Å². The molecule has 1 saturated heterocycles. The van der Waals surface area contributed by atoms with Crippen molar-refractivity contribution >= 4 is 28.1 Å². The number of aryl methyl sites for hydroxylation is 1. The second-order valence-electron chi connectivity index (χ2n) is 3.99. The van der Waals surface area contributed by atoms with Crippen LogP contribution in [0.5, 0.6) is 0 Å². The summed E-state index contributed by atoms with van der Waals surface area (Å²) in [6.45, 7) is 3.73. The van der Waals surface area contributed by atoms with Crippen LogP contribution in [0.4, 0.5) is 0 Å². The van der Waals surface area contributed by atoms with Crippen LogP contribution in [0.3, 0.4) is 0 Å². The molecule has 1 aliphatic rings. The Balaban J connectivity index is 2.33. The number of hydrogen-bond donors (Lipinski definition) is 1. The van der Waals surface area contributed by atoms with Crippen molar-refractivity contribution in [3.63, 3.8) is 0 Å². The molecule has 3 nitrogen and oxygen atoms in total. The molecular formula is C11H15BrN2OS. The van der Waals surface area contributed by atoms with Gasteiger partial charge in [-0.3, -0.25) is 0 Å². The molecule has 0 spiro atoms. The van der Waals surface area contributed by atoms with E-state index in [4.69, 9.17) is 17.0 Å². The number of ether oxygens (including phenoxy) is 1. The van der Waals surface area contributed by atoms with Crippen LogP contribution in [-0.4, -0.2) is 23.2 Å². The molecule has 0 amide bonds. The molecule has 0 aliphatic carbocycles. The van der Waals surface area contributed by atoms with Crippen molar-refractivity contribution in [1.29, 1.82) is 0 Å². The number of hydrogen-bond acceptors (Lipinski definition) is 3. The number of aromatic amines is 1. The van der Waals surface area contributed by atoms with E-state index in [1.165, 1.54) is 0 Å². The molecule has 1 unspecified atom stereocenters. The molecule has 1 aromatic heterocycles. The number of aromatic nitrogens is 2. The van der Waals surface area contributed by atoms with Crippen molar-refractivity contribution in [1.82, 2.24) is 9.97 Å². The van der Waals surface area contributed by atoms with Gasteiger partial charge in [-0.2, -0.15) is 0 Å². The Labute approximate surface area is 109 Å². The highest BCUT2D eigenvalue weighted by molar-refractivity contribution is 9.10. The fraction of sp³-hybridized carbons (Fsp3) is 0.636. The van der Waals surface area contributed by atoms with Crippen molar-refractivity contribution in [2.24, 2.45) is 0 Å². The van der Waals surface area contributed by atoms with Crippen molar-refractivity contribution in [2.75, 3.05) is 13.2 Å². The fourth-order valence-corrected chi connectivity index (χ4v) is 2.61. The van der Waals surface area contributed by atoms with Gasteiger partial charge in [0.25, 0.3) is 0 Å². The van der Waals surface area contributed by atoms with E-state index >= 15 is 0 Å². The highest BCUT2D eigenvalue weighted by Gasteiger charge is 2.19. The van der Waals surface area contributed by atoms with Gasteiger partial charge >= 0.3 is 0 Å². The standard InChI is InChI=1S/C11H15BrN2OS/c1-2-8-9(12)11(16)14-10(13-8)7-4-3-5-15-6-7/h7H,2-6H2,1H3,(H,13,14,16).